The molecule has 102 valence electrons. The topological polar surface area (TPSA) is 106 Å². The standard InChI is InChI=1S/C7H7F3N2O4S2/c8-7(9,10)17(13,14)5-2-1-3-6(4-5)18(15,16)12-11/h1-4,12H,11H2. The normalized spacial score (nSPS) is 13.6. The number of sulfonamides is 1. The van der Waals surface area contributed by atoms with Gasteiger partial charge in [0.05, 0.1) is 9.79 Å². The lowest BCUT2D eigenvalue weighted by Crippen LogP contribution is -2.30. The molecular formula is C7H7F3N2O4S2. The minimum atomic E-state index is -5.60. The van der Waals surface area contributed by atoms with E-state index in [4.69, 9.17) is 0 Å². The molecule has 0 aliphatic carbocycles. The zero-order valence-electron chi connectivity index (χ0n) is 8.47. The summed E-state index contributed by atoms with van der Waals surface area (Å²) in [5.41, 5.74) is -5.51. The molecule has 0 unspecified atom stereocenters. The van der Waals surface area contributed by atoms with Crippen LogP contribution in [0.5, 0.6) is 0 Å². The van der Waals surface area contributed by atoms with Gasteiger partial charge in [0.15, 0.2) is 0 Å². The molecule has 0 fully saturated rings. The first-order valence-electron chi connectivity index (χ1n) is 4.16. The second-order valence-corrected chi connectivity index (χ2v) is 6.70. The van der Waals surface area contributed by atoms with E-state index in [1.807, 2.05) is 0 Å². The number of nitrogens with one attached hydrogen (secondary N) is 1. The van der Waals surface area contributed by atoms with E-state index in [9.17, 15) is 30.0 Å². The Morgan fingerprint density at radius 2 is 1.56 bits per heavy atom. The predicted octanol–water partition coefficient (Wildman–Crippen LogP) is 0.132. The van der Waals surface area contributed by atoms with Gasteiger partial charge in [0.1, 0.15) is 0 Å². The van der Waals surface area contributed by atoms with Gasteiger partial charge in [0.2, 0.25) is 0 Å². The number of sulfone groups is 1. The Bertz CT molecular complexity index is 652. The van der Waals surface area contributed by atoms with Gasteiger partial charge in [-0.15, -0.1) is 0 Å². The second kappa shape index (κ2) is 4.50. The zero-order valence-corrected chi connectivity index (χ0v) is 10.1. The molecule has 3 N–H and O–H groups in total. The predicted molar refractivity (Wildman–Crippen MR) is 54.2 cm³/mol. The van der Waals surface area contributed by atoms with Gasteiger partial charge in [0.25, 0.3) is 19.9 Å². The highest BCUT2D eigenvalue weighted by atomic mass is 32.2. The van der Waals surface area contributed by atoms with Crippen molar-refractivity contribution in [3.8, 4) is 0 Å². The molecule has 0 aliphatic heterocycles. The van der Waals surface area contributed by atoms with Crippen molar-refractivity contribution in [3.63, 3.8) is 0 Å². The number of nitrogens with two attached hydrogens (primary N) is 1. The molecule has 0 atom stereocenters. The molecule has 0 saturated heterocycles. The lowest BCUT2D eigenvalue weighted by Gasteiger charge is -2.09. The van der Waals surface area contributed by atoms with Gasteiger partial charge in [-0.25, -0.2) is 16.8 Å². The summed E-state index contributed by atoms with van der Waals surface area (Å²) in [6.45, 7) is 0. The fourth-order valence-electron chi connectivity index (χ4n) is 1.01. The molecule has 0 heterocycles. The van der Waals surface area contributed by atoms with Crippen LogP contribution in [0.1, 0.15) is 0 Å². The Balaban J connectivity index is 3.45. The molecule has 0 radical (unpaired) electrons. The van der Waals surface area contributed by atoms with Gasteiger partial charge in [-0.05, 0) is 18.2 Å². The summed E-state index contributed by atoms with van der Waals surface area (Å²) in [5.74, 6) is 4.67. The highest BCUT2D eigenvalue weighted by molar-refractivity contribution is 7.92. The number of rotatable bonds is 3. The molecule has 0 bridgehead atoms. The van der Waals surface area contributed by atoms with Crippen molar-refractivity contribution in [2.45, 2.75) is 15.3 Å². The average Bonchev–Trinajstić information content (AvgIpc) is 2.27. The molecule has 0 saturated carbocycles. The van der Waals surface area contributed by atoms with Crippen LogP contribution >= 0.6 is 0 Å². The van der Waals surface area contributed by atoms with Crippen LogP contribution < -0.4 is 10.7 Å². The van der Waals surface area contributed by atoms with Crippen LogP contribution in [0.15, 0.2) is 34.1 Å². The van der Waals surface area contributed by atoms with Crippen molar-refractivity contribution in [2.24, 2.45) is 5.84 Å². The van der Waals surface area contributed by atoms with E-state index in [1.165, 1.54) is 4.83 Å². The van der Waals surface area contributed by atoms with Crippen LogP contribution in [-0.4, -0.2) is 22.3 Å². The van der Waals surface area contributed by atoms with Crippen molar-refractivity contribution in [1.29, 1.82) is 0 Å². The van der Waals surface area contributed by atoms with Crippen molar-refractivity contribution in [1.82, 2.24) is 4.83 Å². The van der Waals surface area contributed by atoms with E-state index in [0.29, 0.717) is 12.1 Å². The van der Waals surface area contributed by atoms with E-state index in [1.54, 1.807) is 0 Å². The van der Waals surface area contributed by atoms with E-state index >= 15 is 0 Å². The summed E-state index contributed by atoms with van der Waals surface area (Å²) in [6.07, 6.45) is 0. The van der Waals surface area contributed by atoms with Gasteiger partial charge in [-0.1, -0.05) is 6.07 Å². The Hall–Kier alpha value is -1.17. The Morgan fingerprint density at radius 1 is 1.06 bits per heavy atom. The van der Waals surface area contributed by atoms with E-state index < -0.39 is 35.2 Å². The third-order valence-corrected chi connectivity index (χ3v) is 4.55. The van der Waals surface area contributed by atoms with Gasteiger partial charge < -0.3 is 0 Å². The molecule has 1 rings (SSSR count). The van der Waals surface area contributed by atoms with Crippen molar-refractivity contribution < 1.29 is 30.0 Å². The molecule has 0 aliphatic rings. The number of hydrogen-bond donors (Lipinski definition) is 2. The lowest BCUT2D eigenvalue weighted by atomic mass is 10.4. The SMILES string of the molecule is NNS(=O)(=O)c1cccc(S(=O)(=O)C(F)(F)F)c1. The van der Waals surface area contributed by atoms with Crippen LogP contribution in [0.25, 0.3) is 0 Å². The van der Waals surface area contributed by atoms with Crippen LogP contribution in [0.2, 0.25) is 0 Å². The zero-order chi connectivity index (χ0) is 14.2. The highest BCUT2D eigenvalue weighted by Gasteiger charge is 2.47. The molecule has 18 heavy (non-hydrogen) atoms. The minimum absolute atomic E-state index is 0.373. The maximum atomic E-state index is 12.3. The molecule has 1 aromatic rings. The maximum absolute atomic E-state index is 12.3. The van der Waals surface area contributed by atoms with Gasteiger partial charge in [-0.3, -0.25) is 5.84 Å². The van der Waals surface area contributed by atoms with Crippen molar-refractivity contribution in [3.05, 3.63) is 24.3 Å². The first-order valence-corrected chi connectivity index (χ1v) is 7.13. The first kappa shape index (κ1) is 14.9. The monoisotopic (exact) mass is 304 g/mol. The third kappa shape index (κ3) is 2.63. The average molecular weight is 304 g/mol. The molecule has 6 nitrogen and oxygen atoms in total. The van der Waals surface area contributed by atoms with E-state index in [0.717, 1.165) is 12.1 Å². The number of hydrazine groups is 1. The third-order valence-electron chi connectivity index (χ3n) is 1.89. The van der Waals surface area contributed by atoms with Crippen LogP contribution in [0.4, 0.5) is 13.2 Å². The molecular weight excluding hydrogens is 297 g/mol. The summed E-state index contributed by atoms with van der Waals surface area (Å²) in [7, 11) is -9.83. The first-order chi connectivity index (χ1) is 8.02. The molecule has 0 aromatic heterocycles. The smallest absolute Gasteiger partial charge is 0.257 e. The highest BCUT2D eigenvalue weighted by Crippen LogP contribution is 2.30. The summed E-state index contributed by atoms with van der Waals surface area (Å²) in [5, 5.41) is 0. The Kier molecular flexibility index (Phi) is 3.72. The molecule has 1 aromatic carbocycles. The number of halogens is 3. The Labute approximate surface area is 101 Å². The Morgan fingerprint density at radius 3 is 2.00 bits per heavy atom. The van der Waals surface area contributed by atoms with E-state index in [2.05, 4.69) is 5.84 Å². The molecule has 0 spiro atoms. The number of alkyl halides is 3. The number of hydrogen-bond acceptors (Lipinski definition) is 5. The largest absolute Gasteiger partial charge is 0.501 e. The van der Waals surface area contributed by atoms with Crippen molar-refractivity contribution >= 4 is 19.9 Å². The maximum Gasteiger partial charge on any atom is 0.501 e. The fraction of sp³-hybridized carbons (Fsp3) is 0.143. The van der Waals surface area contributed by atoms with Crippen LogP contribution in [0, 0.1) is 0 Å². The summed E-state index contributed by atoms with van der Waals surface area (Å²) in [4.78, 5) is -0.488. The van der Waals surface area contributed by atoms with Gasteiger partial charge in [-0.2, -0.15) is 18.0 Å². The molecule has 0 amide bonds. The summed E-state index contributed by atoms with van der Waals surface area (Å²) < 4.78 is 81.3. The minimum Gasteiger partial charge on any atom is -0.257 e. The van der Waals surface area contributed by atoms with Crippen LogP contribution in [0.3, 0.4) is 0 Å². The van der Waals surface area contributed by atoms with Crippen molar-refractivity contribution in [2.75, 3.05) is 0 Å². The van der Waals surface area contributed by atoms with Crippen LogP contribution in [-0.2, 0) is 19.9 Å². The van der Waals surface area contributed by atoms with Gasteiger partial charge in [0, 0.05) is 0 Å². The molecule has 11 heteroatoms. The number of benzene rings is 1. The van der Waals surface area contributed by atoms with Gasteiger partial charge >= 0.3 is 5.51 Å². The fourth-order valence-corrected chi connectivity index (χ4v) is 2.57. The lowest BCUT2D eigenvalue weighted by molar-refractivity contribution is -0.0436. The summed E-state index contributed by atoms with van der Waals surface area (Å²) >= 11 is 0. The quantitative estimate of drug-likeness (QED) is 0.610. The second-order valence-electron chi connectivity index (χ2n) is 3.05. The summed E-state index contributed by atoms with van der Waals surface area (Å²) in [6, 6.07) is 2.78. The van der Waals surface area contributed by atoms with E-state index in [-0.39, 0.29) is 0 Å².